The fourth-order valence-corrected chi connectivity index (χ4v) is 1.21. The maximum absolute atomic E-state index is 11.2. The van der Waals surface area contributed by atoms with E-state index in [4.69, 9.17) is 9.47 Å². The smallest absolute Gasteiger partial charge is 0.322 e. The molecule has 0 saturated carbocycles. The number of hydrogen-bond acceptors (Lipinski definition) is 5. The molecule has 15 heavy (non-hydrogen) atoms. The van der Waals surface area contributed by atoms with Gasteiger partial charge in [0.15, 0.2) is 0 Å². The number of hydrogen-bond donors (Lipinski definition) is 1. The van der Waals surface area contributed by atoms with Crippen molar-refractivity contribution in [2.75, 3.05) is 34.5 Å². The molecule has 0 aliphatic heterocycles. The Morgan fingerprint density at radius 1 is 1.33 bits per heavy atom. The summed E-state index contributed by atoms with van der Waals surface area (Å²) in [5, 5.41) is 3.08. The summed E-state index contributed by atoms with van der Waals surface area (Å²) in [5.74, 6) is -0.246. The highest BCUT2D eigenvalue weighted by atomic mass is 16.5. The van der Waals surface area contributed by atoms with Gasteiger partial charge in [0, 0.05) is 20.8 Å². The predicted molar refractivity (Wildman–Crippen MR) is 56.8 cm³/mol. The number of rotatable bonds is 8. The normalized spacial score (nSPS) is 14.7. The molecule has 90 valence electrons. The Labute approximate surface area is 91.1 Å². The molecule has 0 aliphatic carbocycles. The minimum absolute atomic E-state index is 0.0475. The Hall–Kier alpha value is -0.650. The molecular formula is C10H21NO4. The molecule has 0 heterocycles. The van der Waals surface area contributed by atoms with Gasteiger partial charge in [-0.15, -0.1) is 0 Å². The lowest BCUT2D eigenvalue weighted by Crippen LogP contribution is -2.42. The quantitative estimate of drug-likeness (QED) is 0.591. The lowest BCUT2D eigenvalue weighted by atomic mass is 10.2. The zero-order valence-corrected chi connectivity index (χ0v) is 9.91. The van der Waals surface area contributed by atoms with Crippen LogP contribution in [0.15, 0.2) is 0 Å². The highest BCUT2D eigenvalue weighted by Gasteiger charge is 2.17. The van der Waals surface area contributed by atoms with E-state index < -0.39 is 0 Å². The molecule has 0 aliphatic rings. The van der Waals surface area contributed by atoms with Crippen molar-refractivity contribution in [1.29, 1.82) is 0 Å². The molecule has 0 radical (unpaired) electrons. The number of ether oxygens (including phenoxy) is 3. The average Bonchev–Trinajstić information content (AvgIpc) is 2.27. The van der Waals surface area contributed by atoms with Crippen molar-refractivity contribution in [1.82, 2.24) is 5.32 Å². The van der Waals surface area contributed by atoms with E-state index in [1.54, 1.807) is 14.2 Å². The molecule has 0 saturated heterocycles. The van der Waals surface area contributed by atoms with Crippen LogP contribution < -0.4 is 5.32 Å². The molecule has 5 nitrogen and oxygen atoms in total. The topological polar surface area (TPSA) is 56.8 Å². The van der Waals surface area contributed by atoms with Crippen LogP contribution in [0.2, 0.25) is 0 Å². The third kappa shape index (κ3) is 5.71. The van der Waals surface area contributed by atoms with Crippen molar-refractivity contribution in [3.63, 3.8) is 0 Å². The molecule has 0 bridgehead atoms. The maximum Gasteiger partial charge on any atom is 0.322 e. The molecule has 0 fully saturated rings. The molecule has 5 heteroatoms. The van der Waals surface area contributed by atoms with Crippen molar-refractivity contribution in [3.8, 4) is 0 Å². The Kier molecular flexibility index (Phi) is 8.27. The third-order valence-corrected chi connectivity index (χ3v) is 2.17. The summed E-state index contributed by atoms with van der Waals surface area (Å²) in [6.07, 6.45) is 0.643. The molecule has 0 aromatic carbocycles. The lowest BCUT2D eigenvalue weighted by molar-refractivity contribution is -0.143. The highest BCUT2D eigenvalue weighted by Crippen LogP contribution is 1.96. The van der Waals surface area contributed by atoms with E-state index in [1.165, 1.54) is 7.11 Å². The van der Waals surface area contributed by atoms with Gasteiger partial charge in [-0.1, -0.05) is 6.92 Å². The molecule has 2 atom stereocenters. The second-order valence-electron chi connectivity index (χ2n) is 3.21. The van der Waals surface area contributed by atoms with Gasteiger partial charge in [0.25, 0.3) is 0 Å². The van der Waals surface area contributed by atoms with Gasteiger partial charge in [-0.3, -0.25) is 4.79 Å². The van der Waals surface area contributed by atoms with E-state index in [2.05, 4.69) is 10.1 Å². The fraction of sp³-hybridized carbons (Fsp3) is 0.900. The lowest BCUT2D eigenvalue weighted by Gasteiger charge is -2.19. The van der Waals surface area contributed by atoms with Crippen LogP contribution in [0.1, 0.15) is 13.3 Å². The minimum atomic E-state index is -0.274. The van der Waals surface area contributed by atoms with E-state index in [0.29, 0.717) is 19.6 Å². The van der Waals surface area contributed by atoms with Crippen molar-refractivity contribution in [2.24, 2.45) is 0 Å². The van der Waals surface area contributed by atoms with E-state index in [9.17, 15) is 4.79 Å². The van der Waals surface area contributed by atoms with Gasteiger partial charge in [-0.05, 0) is 6.42 Å². The van der Waals surface area contributed by atoms with Gasteiger partial charge < -0.3 is 19.5 Å². The largest absolute Gasteiger partial charge is 0.468 e. The summed E-state index contributed by atoms with van der Waals surface area (Å²) in [6.45, 7) is 2.99. The van der Waals surface area contributed by atoms with Crippen LogP contribution in [0.3, 0.4) is 0 Å². The van der Waals surface area contributed by atoms with E-state index >= 15 is 0 Å². The summed E-state index contributed by atoms with van der Waals surface area (Å²) >= 11 is 0. The first-order valence-corrected chi connectivity index (χ1v) is 5.02. The van der Waals surface area contributed by atoms with Crippen molar-refractivity contribution in [2.45, 2.75) is 25.5 Å². The molecule has 2 unspecified atom stereocenters. The number of carbonyl (C=O) groups excluding carboxylic acids is 1. The first-order chi connectivity index (χ1) is 7.19. The summed E-state index contributed by atoms with van der Waals surface area (Å²) in [4.78, 5) is 11.2. The first-order valence-electron chi connectivity index (χ1n) is 5.02. The Bertz CT molecular complexity index is 175. The third-order valence-electron chi connectivity index (χ3n) is 2.17. The van der Waals surface area contributed by atoms with Gasteiger partial charge in [0.2, 0.25) is 0 Å². The molecule has 0 spiro atoms. The van der Waals surface area contributed by atoms with E-state index in [1.807, 2.05) is 6.92 Å². The number of esters is 1. The zero-order chi connectivity index (χ0) is 11.7. The monoisotopic (exact) mass is 219 g/mol. The van der Waals surface area contributed by atoms with Crippen LogP contribution in [-0.2, 0) is 19.0 Å². The standard InChI is InChI=1S/C10H21NO4/c1-5-9(10(12)15-4)11-6-8(14-3)7-13-2/h8-9,11H,5-7H2,1-4H3. The second kappa shape index (κ2) is 8.64. The Morgan fingerprint density at radius 2 is 2.00 bits per heavy atom. The van der Waals surface area contributed by atoms with Crippen molar-refractivity contribution in [3.05, 3.63) is 0 Å². The summed E-state index contributed by atoms with van der Waals surface area (Å²) in [5.41, 5.74) is 0. The molecular weight excluding hydrogens is 198 g/mol. The molecule has 1 N–H and O–H groups in total. The maximum atomic E-state index is 11.2. The van der Waals surface area contributed by atoms with Gasteiger partial charge >= 0.3 is 5.97 Å². The number of methoxy groups -OCH3 is 3. The van der Waals surface area contributed by atoms with Gasteiger partial charge in [-0.2, -0.15) is 0 Å². The van der Waals surface area contributed by atoms with Crippen molar-refractivity contribution >= 4 is 5.97 Å². The minimum Gasteiger partial charge on any atom is -0.468 e. The van der Waals surface area contributed by atoms with Crippen LogP contribution >= 0.6 is 0 Å². The van der Waals surface area contributed by atoms with Crippen LogP contribution in [0.4, 0.5) is 0 Å². The highest BCUT2D eigenvalue weighted by molar-refractivity contribution is 5.75. The Morgan fingerprint density at radius 3 is 2.40 bits per heavy atom. The van der Waals surface area contributed by atoms with Gasteiger partial charge in [0.1, 0.15) is 6.04 Å². The van der Waals surface area contributed by atoms with Crippen LogP contribution in [-0.4, -0.2) is 52.6 Å². The number of nitrogens with one attached hydrogen (secondary N) is 1. The molecule has 0 aromatic rings. The molecule has 0 aromatic heterocycles. The summed E-state index contributed by atoms with van der Waals surface area (Å²) < 4.78 is 14.8. The van der Waals surface area contributed by atoms with Gasteiger partial charge in [0.05, 0.1) is 19.8 Å². The SMILES string of the molecule is CCC(NCC(COC)OC)C(=O)OC. The summed E-state index contributed by atoms with van der Waals surface area (Å²) in [6, 6.07) is -0.274. The van der Waals surface area contributed by atoms with Gasteiger partial charge in [-0.25, -0.2) is 0 Å². The first kappa shape index (κ1) is 14.3. The van der Waals surface area contributed by atoms with Crippen LogP contribution in [0.5, 0.6) is 0 Å². The molecule has 0 amide bonds. The van der Waals surface area contributed by atoms with Crippen LogP contribution in [0, 0.1) is 0 Å². The van der Waals surface area contributed by atoms with Crippen LogP contribution in [0.25, 0.3) is 0 Å². The second-order valence-corrected chi connectivity index (χ2v) is 3.21. The fourth-order valence-electron chi connectivity index (χ4n) is 1.21. The van der Waals surface area contributed by atoms with E-state index in [-0.39, 0.29) is 18.1 Å². The average molecular weight is 219 g/mol. The Balaban J connectivity index is 3.92. The predicted octanol–water partition coefficient (Wildman–Crippen LogP) is 0.189. The van der Waals surface area contributed by atoms with E-state index in [0.717, 1.165) is 0 Å². The summed E-state index contributed by atoms with van der Waals surface area (Å²) in [7, 11) is 4.61. The number of carbonyl (C=O) groups is 1. The molecule has 0 rings (SSSR count). The van der Waals surface area contributed by atoms with Crippen molar-refractivity contribution < 1.29 is 19.0 Å². The zero-order valence-electron chi connectivity index (χ0n) is 9.91.